The largest absolute Gasteiger partial charge is 0.326 e. The number of hydrazone groups is 2. The molecule has 0 saturated heterocycles. The van der Waals surface area contributed by atoms with Gasteiger partial charge in [-0.1, -0.05) is 24.3 Å². The average molecular weight is 485 g/mol. The molecule has 0 heterocycles. The van der Waals surface area contributed by atoms with E-state index in [1.165, 1.54) is 26.3 Å². The highest BCUT2D eigenvalue weighted by molar-refractivity contribution is 5.97. The van der Waals surface area contributed by atoms with Crippen LogP contribution in [-0.4, -0.2) is 36.1 Å². The minimum atomic E-state index is -0.384. The first-order chi connectivity index (χ1) is 17.3. The smallest absolute Gasteiger partial charge is 0.271 e. The molecule has 0 spiro atoms. The van der Waals surface area contributed by atoms with Crippen molar-refractivity contribution >= 4 is 47.4 Å². The molecule has 3 rings (SSSR count). The second kappa shape index (κ2) is 12.4. The standard InChI is InChI=1S/C26H24N6O4/c1-17(33)29-23-11-7-21(8-12-23)25(35)31-27-15-19-3-5-20(6-4-19)16-28-32-26(36)22-9-13-24(14-10-22)30-18(2)34/h3-16H,1-2H3,(H,29,33)(H,30,34)(H,31,35)(H,32,36)/b27-15+,28-16+. The van der Waals surface area contributed by atoms with Gasteiger partial charge in [0.05, 0.1) is 12.4 Å². The molecule has 4 N–H and O–H groups in total. The number of hydrogen-bond donors (Lipinski definition) is 4. The summed E-state index contributed by atoms with van der Waals surface area (Å²) in [6.07, 6.45) is 2.99. The number of hydrogen-bond acceptors (Lipinski definition) is 6. The lowest BCUT2D eigenvalue weighted by molar-refractivity contribution is -0.115. The zero-order valence-corrected chi connectivity index (χ0v) is 19.6. The van der Waals surface area contributed by atoms with Crippen LogP contribution in [0.4, 0.5) is 11.4 Å². The Kier molecular flexibility index (Phi) is 8.76. The van der Waals surface area contributed by atoms with Crippen molar-refractivity contribution in [3.63, 3.8) is 0 Å². The lowest BCUT2D eigenvalue weighted by Crippen LogP contribution is -2.17. The highest BCUT2D eigenvalue weighted by Gasteiger charge is 2.05. The van der Waals surface area contributed by atoms with Crippen LogP contribution in [0.5, 0.6) is 0 Å². The summed E-state index contributed by atoms with van der Waals surface area (Å²) in [6, 6.07) is 20.0. The van der Waals surface area contributed by atoms with Gasteiger partial charge in [-0.25, -0.2) is 10.9 Å². The maximum atomic E-state index is 12.2. The van der Waals surface area contributed by atoms with Gasteiger partial charge in [0.25, 0.3) is 11.8 Å². The molecule has 0 fully saturated rings. The fourth-order valence-corrected chi connectivity index (χ4v) is 2.94. The number of nitrogens with one attached hydrogen (secondary N) is 4. The lowest BCUT2D eigenvalue weighted by atomic mass is 10.2. The Morgan fingerprint density at radius 1 is 0.556 bits per heavy atom. The van der Waals surface area contributed by atoms with Crippen molar-refractivity contribution in [2.75, 3.05) is 10.6 Å². The topological polar surface area (TPSA) is 141 Å². The highest BCUT2D eigenvalue weighted by atomic mass is 16.2. The van der Waals surface area contributed by atoms with Gasteiger partial charge in [-0.15, -0.1) is 0 Å². The maximum Gasteiger partial charge on any atom is 0.271 e. The SMILES string of the molecule is CC(=O)Nc1ccc(C(=O)N/N=C/c2ccc(/C=N/NC(=O)c3ccc(NC(C)=O)cc3)cc2)cc1. The molecule has 3 aromatic rings. The summed E-state index contributed by atoms with van der Waals surface area (Å²) in [5.41, 5.74) is 8.39. The van der Waals surface area contributed by atoms with Gasteiger partial charge in [-0.05, 0) is 59.7 Å². The van der Waals surface area contributed by atoms with Crippen LogP contribution in [-0.2, 0) is 9.59 Å². The minimum Gasteiger partial charge on any atom is -0.326 e. The van der Waals surface area contributed by atoms with E-state index in [-0.39, 0.29) is 23.6 Å². The van der Waals surface area contributed by atoms with E-state index < -0.39 is 0 Å². The summed E-state index contributed by atoms with van der Waals surface area (Å²) in [5.74, 6) is -1.15. The fourth-order valence-electron chi connectivity index (χ4n) is 2.94. The van der Waals surface area contributed by atoms with Crippen molar-refractivity contribution in [2.45, 2.75) is 13.8 Å². The van der Waals surface area contributed by atoms with Crippen molar-refractivity contribution in [3.05, 3.63) is 95.1 Å². The fraction of sp³-hybridized carbons (Fsp3) is 0.0769. The lowest BCUT2D eigenvalue weighted by Gasteiger charge is -2.04. The van der Waals surface area contributed by atoms with Gasteiger partial charge in [0.1, 0.15) is 0 Å². The van der Waals surface area contributed by atoms with E-state index in [9.17, 15) is 19.2 Å². The molecule has 36 heavy (non-hydrogen) atoms. The Morgan fingerprint density at radius 3 is 1.19 bits per heavy atom. The summed E-state index contributed by atoms with van der Waals surface area (Å²) >= 11 is 0. The summed E-state index contributed by atoms with van der Waals surface area (Å²) in [4.78, 5) is 46.5. The van der Waals surface area contributed by atoms with Crippen LogP contribution in [0.15, 0.2) is 83.0 Å². The van der Waals surface area contributed by atoms with E-state index in [1.54, 1.807) is 72.8 Å². The van der Waals surface area contributed by atoms with Gasteiger partial charge in [0, 0.05) is 36.3 Å². The second-order valence-electron chi connectivity index (χ2n) is 7.58. The van der Waals surface area contributed by atoms with Crippen LogP contribution < -0.4 is 21.5 Å². The molecule has 0 aromatic heterocycles. The molecule has 0 aliphatic heterocycles. The molecular weight excluding hydrogens is 460 g/mol. The first-order valence-electron chi connectivity index (χ1n) is 10.8. The van der Waals surface area contributed by atoms with Gasteiger partial charge >= 0.3 is 0 Å². The molecule has 182 valence electrons. The van der Waals surface area contributed by atoms with Gasteiger partial charge in [0.15, 0.2) is 0 Å². The van der Waals surface area contributed by atoms with Gasteiger partial charge in [-0.3, -0.25) is 19.2 Å². The van der Waals surface area contributed by atoms with E-state index in [4.69, 9.17) is 0 Å². The number of amides is 4. The Morgan fingerprint density at radius 2 is 0.889 bits per heavy atom. The molecular formula is C26H24N6O4. The Labute approximate surface area is 207 Å². The number of carbonyl (C=O) groups excluding carboxylic acids is 4. The average Bonchev–Trinajstić information content (AvgIpc) is 2.85. The molecule has 0 aliphatic rings. The zero-order chi connectivity index (χ0) is 25.9. The molecule has 3 aromatic carbocycles. The molecule has 0 radical (unpaired) electrons. The number of carbonyl (C=O) groups is 4. The quantitative estimate of drug-likeness (QED) is 0.288. The molecule has 0 bridgehead atoms. The molecule has 0 unspecified atom stereocenters. The third kappa shape index (κ3) is 8.03. The van der Waals surface area contributed by atoms with Crippen molar-refractivity contribution in [1.82, 2.24) is 10.9 Å². The van der Waals surface area contributed by atoms with Crippen molar-refractivity contribution in [1.29, 1.82) is 0 Å². The monoisotopic (exact) mass is 484 g/mol. The van der Waals surface area contributed by atoms with Crippen LogP contribution in [0.3, 0.4) is 0 Å². The zero-order valence-electron chi connectivity index (χ0n) is 19.6. The normalized spacial score (nSPS) is 10.7. The third-order valence-electron chi connectivity index (χ3n) is 4.63. The third-order valence-corrected chi connectivity index (χ3v) is 4.63. The van der Waals surface area contributed by atoms with E-state index in [0.29, 0.717) is 22.5 Å². The molecule has 10 nitrogen and oxygen atoms in total. The predicted molar refractivity (Wildman–Crippen MR) is 138 cm³/mol. The van der Waals surface area contributed by atoms with Crippen molar-refractivity contribution in [3.8, 4) is 0 Å². The molecule has 10 heteroatoms. The first kappa shape index (κ1) is 25.5. The molecule has 0 aliphatic carbocycles. The number of anilines is 2. The second-order valence-corrected chi connectivity index (χ2v) is 7.58. The van der Waals surface area contributed by atoms with Crippen LogP contribution in [0.1, 0.15) is 45.7 Å². The van der Waals surface area contributed by atoms with Crippen molar-refractivity contribution < 1.29 is 19.2 Å². The van der Waals surface area contributed by atoms with Crippen LogP contribution >= 0.6 is 0 Å². The number of nitrogens with zero attached hydrogens (tertiary/aromatic N) is 2. The maximum absolute atomic E-state index is 12.2. The van der Waals surface area contributed by atoms with Gasteiger partial charge in [-0.2, -0.15) is 10.2 Å². The molecule has 4 amide bonds. The van der Waals surface area contributed by atoms with Crippen LogP contribution in [0.25, 0.3) is 0 Å². The van der Waals surface area contributed by atoms with Crippen LogP contribution in [0, 0.1) is 0 Å². The van der Waals surface area contributed by atoms with E-state index in [1.807, 2.05) is 0 Å². The summed E-state index contributed by atoms with van der Waals surface area (Å²) in [6.45, 7) is 2.82. The van der Waals surface area contributed by atoms with E-state index in [0.717, 1.165) is 11.1 Å². The Hall–Kier alpha value is -5.12. The van der Waals surface area contributed by atoms with Crippen LogP contribution in [0.2, 0.25) is 0 Å². The molecule has 0 saturated carbocycles. The Bertz CT molecular complexity index is 1200. The first-order valence-corrected chi connectivity index (χ1v) is 10.8. The highest BCUT2D eigenvalue weighted by Crippen LogP contribution is 2.10. The van der Waals surface area contributed by atoms with E-state index in [2.05, 4.69) is 31.7 Å². The number of benzene rings is 3. The van der Waals surface area contributed by atoms with E-state index >= 15 is 0 Å². The predicted octanol–water partition coefficient (Wildman–Crippen LogP) is 3.13. The summed E-state index contributed by atoms with van der Waals surface area (Å²) < 4.78 is 0. The molecule has 0 atom stereocenters. The summed E-state index contributed by atoms with van der Waals surface area (Å²) in [5, 5.41) is 13.2. The summed E-state index contributed by atoms with van der Waals surface area (Å²) in [7, 11) is 0. The van der Waals surface area contributed by atoms with Gasteiger partial charge < -0.3 is 10.6 Å². The Balaban J connectivity index is 1.47. The van der Waals surface area contributed by atoms with Gasteiger partial charge in [0.2, 0.25) is 11.8 Å². The van der Waals surface area contributed by atoms with Crippen molar-refractivity contribution in [2.24, 2.45) is 10.2 Å². The number of rotatable bonds is 8. The minimum absolute atomic E-state index is 0.190.